The number of hydrogen-bond donors (Lipinski definition) is 1. The Kier molecular flexibility index (Phi) is 3.15. The largest absolute Gasteiger partial charge is 0.480 e. The van der Waals surface area contributed by atoms with Gasteiger partial charge in [-0.05, 0) is 33.5 Å². The van der Waals surface area contributed by atoms with Crippen molar-refractivity contribution in [3.63, 3.8) is 0 Å². The van der Waals surface area contributed by atoms with Gasteiger partial charge in [-0.1, -0.05) is 29.8 Å². The lowest BCUT2D eigenvalue weighted by atomic mass is 9.90. The van der Waals surface area contributed by atoms with E-state index in [9.17, 15) is 9.90 Å². The van der Waals surface area contributed by atoms with E-state index < -0.39 is 11.5 Å². The van der Waals surface area contributed by atoms with Crippen molar-refractivity contribution in [1.82, 2.24) is 4.90 Å². The van der Waals surface area contributed by atoms with Crippen LogP contribution in [0.15, 0.2) is 24.3 Å². The van der Waals surface area contributed by atoms with Gasteiger partial charge in [0.25, 0.3) is 0 Å². The lowest BCUT2D eigenvalue weighted by molar-refractivity contribution is -0.149. The van der Waals surface area contributed by atoms with E-state index in [2.05, 4.69) is 0 Å². The molecule has 15 heavy (non-hydrogen) atoms. The van der Waals surface area contributed by atoms with E-state index in [1.54, 1.807) is 25.9 Å². The monoisotopic (exact) mass is 207 g/mol. The van der Waals surface area contributed by atoms with Crippen LogP contribution in [0, 0.1) is 6.92 Å². The minimum Gasteiger partial charge on any atom is -0.480 e. The van der Waals surface area contributed by atoms with E-state index in [1.165, 1.54) is 0 Å². The molecule has 1 N–H and O–H groups in total. The maximum Gasteiger partial charge on any atom is 0.328 e. The summed E-state index contributed by atoms with van der Waals surface area (Å²) in [5.41, 5.74) is 0.910. The summed E-state index contributed by atoms with van der Waals surface area (Å²) in [5, 5.41) is 9.31. The highest BCUT2D eigenvalue weighted by Crippen LogP contribution is 2.26. The molecule has 0 saturated heterocycles. The van der Waals surface area contributed by atoms with Gasteiger partial charge in [0.2, 0.25) is 0 Å². The zero-order valence-corrected chi connectivity index (χ0v) is 9.61. The molecule has 1 atom stereocenters. The van der Waals surface area contributed by atoms with Crippen LogP contribution in [0.2, 0.25) is 0 Å². The van der Waals surface area contributed by atoms with Crippen LogP contribution in [0.1, 0.15) is 18.1 Å². The zero-order chi connectivity index (χ0) is 11.6. The Balaban J connectivity index is 3.28. The molecule has 0 aromatic heterocycles. The van der Waals surface area contributed by atoms with Crippen LogP contribution >= 0.6 is 0 Å². The maximum atomic E-state index is 11.3. The number of hydrogen-bond acceptors (Lipinski definition) is 2. The second-order valence-corrected chi connectivity index (χ2v) is 4.14. The number of aryl methyl sites for hydroxylation is 1. The minimum absolute atomic E-state index is 0.806. The molecule has 0 aliphatic rings. The molecule has 3 heteroatoms. The first-order chi connectivity index (χ1) is 6.89. The molecule has 0 aliphatic carbocycles. The lowest BCUT2D eigenvalue weighted by Gasteiger charge is -2.32. The van der Waals surface area contributed by atoms with Gasteiger partial charge in [0.05, 0.1) is 0 Å². The summed E-state index contributed by atoms with van der Waals surface area (Å²) in [6.07, 6.45) is 0. The number of benzene rings is 1. The SMILES string of the molecule is Cc1cccc(C(C)(C(=O)O)N(C)C)c1. The minimum atomic E-state index is -0.966. The van der Waals surface area contributed by atoms with Crippen LogP contribution in [0.5, 0.6) is 0 Å². The van der Waals surface area contributed by atoms with Crippen molar-refractivity contribution in [2.45, 2.75) is 19.4 Å². The smallest absolute Gasteiger partial charge is 0.328 e. The predicted molar refractivity (Wildman–Crippen MR) is 59.9 cm³/mol. The Morgan fingerprint density at radius 2 is 2.00 bits per heavy atom. The highest BCUT2D eigenvalue weighted by atomic mass is 16.4. The second-order valence-electron chi connectivity index (χ2n) is 4.14. The number of nitrogens with zero attached hydrogens (tertiary/aromatic N) is 1. The fraction of sp³-hybridized carbons (Fsp3) is 0.417. The maximum absolute atomic E-state index is 11.3. The number of carboxylic acid groups (broad SMARTS) is 1. The molecule has 1 rings (SSSR count). The van der Waals surface area contributed by atoms with E-state index >= 15 is 0 Å². The van der Waals surface area contributed by atoms with Gasteiger partial charge >= 0.3 is 5.97 Å². The van der Waals surface area contributed by atoms with E-state index in [4.69, 9.17) is 0 Å². The Labute approximate surface area is 90.3 Å². The van der Waals surface area contributed by atoms with Crippen LogP contribution in [0.25, 0.3) is 0 Å². The highest BCUT2D eigenvalue weighted by Gasteiger charge is 2.37. The van der Waals surface area contributed by atoms with Crippen LogP contribution < -0.4 is 0 Å². The third kappa shape index (κ3) is 2.02. The molecule has 82 valence electrons. The molecular formula is C12H17NO2. The first-order valence-corrected chi connectivity index (χ1v) is 4.87. The number of likely N-dealkylation sites (N-methyl/N-ethyl adjacent to an activating group) is 1. The number of carbonyl (C=O) groups is 1. The van der Waals surface area contributed by atoms with Crippen LogP contribution in [0.4, 0.5) is 0 Å². The fourth-order valence-electron chi connectivity index (χ4n) is 1.52. The number of aliphatic carboxylic acids is 1. The van der Waals surface area contributed by atoms with Crippen molar-refractivity contribution in [3.8, 4) is 0 Å². The number of rotatable bonds is 3. The summed E-state index contributed by atoms with van der Waals surface area (Å²) in [6, 6.07) is 7.60. The molecule has 0 spiro atoms. The van der Waals surface area contributed by atoms with Crippen LogP contribution in [-0.2, 0) is 10.3 Å². The van der Waals surface area contributed by atoms with Crippen molar-refractivity contribution in [2.24, 2.45) is 0 Å². The normalized spacial score (nSPS) is 15.0. The molecule has 1 aromatic rings. The summed E-state index contributed by atoms with van der Waals surface area (Å²) >= 11 is 0. The topological polar surface area (TPSA) is 40.5 Å². The summed E-state index contributed by atoms with van der Waals surface area (Å²) in [6.45, 7) is 3.67. The van der Waals surface area contributed by atoms with Crippen LogP contribution in [0.3, 0.4) is 0 Å². The van der Waals surface area contributed by atoms with E-state index in [0.29, 0.717) is 0 Å². The van der Waals surface area contributed by atoms with E-state index in [-0.39, 0.29) is 0 Å². The molecule has 0 amide bonds. The molecule has 0 bridgehead atoms. The fourth-order valence-corrected chi connectivity index (χ4v) is 1.52. The Bertz CT molecular complexity index is 374. The average Bonchev–Trinajstić information content (AvgIpc) is 2.15. The van der Waals surface area contributed by atoms with Gasteiger partial charge in [0, 0.05) is 0 Å². The molecule has 1 aromatic carbocycles. The average molecular weight is 207 g/mol. The predicted octanol–water partition coefficient (Wildman–Crippen LogP) is 1.86. The molecule has 0 saturated carbocycles. The Morgan fingerprint density at radius 1 is 1.40 bits per heavy atom. The molecule has 0 radical (unpaired) electrons. The van der Waals surface area contributed by atoms with Gasteiger partial charge in [-0.25, -0.2) is 4.79 Å². The summed E-state index contributed by atoms with van der Waals surface area (Å²) < 4.78 is 0. The zero-order valence-electron chi connectivity index (χ0n) is 9.61. The van der Waals surface area contributed by atoms with Gasteiger partial charge in [0.15, 0.2) is 0 Å². The molecule has 0 fully saturated rings. The molecular weight excluding hydrogens is 190 g/mol. The van der Waals surface area contributed by atoms with Crippen molar-refractivity contribution >= 4 is 5.97 Å². The van der Waals surface area contributed by atoms with Crippen molar-refractivity contribution in [1.29, 1.82) is 0 Å². The highest BCUT2D eigenvalue weighted by molar-refractivity contribution is 5.80. The summed E-state index contributed by atoms with van der Waals surface area (Å²) in [4.78, 5) is 13.0. The molecule has 1 unspecified atom stereocenters. The molecule has 0 aliphatic heterocycles. The molecule has 3 nitrogen and oxygen atoms in total. The van der Waals surface area contributed by atoms with Gasteiger partial charge in [-0.15, -0.1) is 0 Å². The van der Waals surface area contributed by atoms with Gasteiger partial charge in [-0.2, -0.15) is 0 Å². The second kappa shape index (κ2) is 4.03. The van der Waals surface area contributed by atoms with E-state index in [0.717, 1.165) is 11.1 Å². The van der Waals surface area contributed by atoms with E-state index in [1.807, 2.05) is 31.2 Å². The first kappa shape index (κ1) is 11.7. The quantitative estimate of drug-likeness (QED) is 0.822. The number of carboxylic acids is 1. The van der Waals surface area contributed by atoms with Crippen molar-refractivity contribution < 1.29 is 9.90 Å². The van der Waals surface area contributed by atoms with Crippen molar-refractivity contribution in [3.05, 3.63) is 35.4 Å². The van der Waals surface area contributed by atoms with Crippen molar-refractivity contribution in [2.75, 3.05) is 14.1 Å². The first-order valence-electron chi connectivity index (χ1n) is 4.87. The molecule has 0 heterocycles. The van der Waals surface area contributed by atoms with Crippen LogP contribution in [-0.4, -0.2) is 30.1 Å². The Morgan fingerprint density at radius 3 is 2.40 bits per heavy atom. The lowest BCUT2D eigenvalue weighted by Crippen LogP contribution is -2.45. The third-order valence-corrected chi connectivity index (χ3v) is 2.89. The summed E-state index contributed by atoms with van der Waals surface area (Å²) in [7, 11) is 3.55. The van der Waals surface area contributed by atoms with Gasteiger partial charge < -0.3 is 5.11 Å². The van der Waals surface area contributed by atoms with Gasteiger partial charge in [-0.3, -0.25) is 4.90 Å². The van der Waals surface area contributed by atoms with Gasteiger partial charge in [0.1, 0.15) is 5.54 Å². The standard InChI is InChI=1S/C12H17NO2/c1-9-6-5-7-10(8-9)12(2,11(14)15)13(3)4/h5-8H,1-4H3,(H,14,15). The third-order valence-electron chi connectivity index (χ3n) is 2.89. The summed E-state index contributed by atoms with van der Waals surface area (Å²) in [5.74, 6) is -0.835. The Hall–Kier alpha value is -1.35.